The average Bonchev–Trinajstić information content (AvgIpc) is 3.13. The third kappa shape index (κ3) is 1.89. The molecule has 4 unspecified atom stereocenters. The van der Waals surface area contributed by atoms with Crippen molar-refractivity contribution in [1.29, 1.82) is 0 Å². The number of benzene rings is 1. The second-order valence-corrected chi connectivity index (χ2v) is 9.99. The van der Waals surface area contributed by atoms with E-state index in [1.807, 2.05) is 7.11 Å². The molecular weight excluding hydrogens is 378 g/mol. The van der Waals surface area contributed by atoms with Crippen LogP contribution in [0.2, 0.25) is 0 Å². The van der Waals surface area contributed by atoms with E-state index in [-0.39, 0.29) is 28.5 Å². The van der Waals surface area contributed by atoms with Crippen LogP contribution in [0.4, 0.5) is 0 Å². The Morgan fingerprint density at radius 3 is 2.90 bits per heavy atom. The van der Waals surface area contributed by atoms with Crippen LogP contribution in [0.15, 0.2) is 12.1 Å². The molecule has 7 rings (SSSR count). The Balaban J connectivity index is 1.58. The molecule has 3 saturated carbocycles. The van der Waals surface area contributed by atoms with Crippen LogP contribution in [-0.4, -0.2) is 63.7 Å². The Kier molecular flexibility index (Phi) is 3.90. The minimum atomic E-state index is -0.352. The molecule has 0 aromatic heterocycles. The van der Waals surface area contributed by atoms with Gasteiger partial charge in [-0.1, -0.05) is 12.0 Å². The number of rotatable bonds is 5. The fourth-order valence-electron chi connectivity index (χ4n) is 8.44. The van der Waals surface area contributed by atoms with Crippen LogP contribution < -0.4 is 9.47 Å². The summed E-state index contributed by atoms with van der Waals surface area (Å²) in [5, 5.41) is 0. The van der Waals surface area contributed by atoms with E-state index in [0.29, 0.717) is 19.3 Å². The SMILES string of the molecule is C#CCOCC1CC23CCC1(OC)C1Oc4c(OC)ccc5c4[C@@]12CCN(C)[C@@H]3C5. The molecule has 5 heteroatoms. The smallest absolute Gasteiger partial charge is 0.165 e. The second kappa shape index (κ2) is 6.16. The molecule has 2 aliphatic heterocycles. The molecule has 4 fully saturated rings. The molecular formula is C25H31NO4. The van der Waals surface area contributed by atoms with Crippen LogP contribution in [0.1, 0.15) is 36.8 Å². The van der Waals surface area contributed by atoms with Crippen LogP contribution in [0, 0.1) is 23.7 Å². The summed E-state index contributed by atoms with van der Waals surface area (Å²) in [5.74, 6) is 4.72. The van der Waals surface area contributed by atoms with E-state index in [1.54, 1.807) is 7.11 Å². The van der Waals surface area contributed by atoms with Gasteiger partial charge in [0, 0.05) is 35.5 Å². The molecule has 0 amide bonds. The van der Waals surface area contributed by atoms with E-state index in [1.165, 1.54) is 17.5 Å². The third-order valence-electron chi connectivity index (χ3n) is 9.48. The van der Waals surface area contributed by atoms with E-state index < -0.39 is 0 Å². The lowest BCUT2D eigenvalue weighted by Gasteiger charge is -2.73. The van der Waals surface area contributed by atoms with Crippen LogP contribution >= 0.6 is 0 Å². The van der Waals surface area contributed by atoms with E-state index in [9.17, 15) is 0 Å². The van der Waals surface area contributed by atoms with Gasteiger partial charge >= 0.3 is 0 Å². The molecule has 1 aromatic rings. The van der Waals surface area contributed by atoms with Gasteiger partial charge in [-0.25, -0.2) is 0 Å². The van der Waals surface area contributed by atoms with E-state index in [2.05, 4.69) is 30.0 Å². The van der Waals surface area contributed by atoms with Gasteiger partial charge in [0.05, 0.1) is 13.7 Å². The highest BCUT2D eigenvalue weighted by Gasteiger charge is 2.80. The number of nitrogens with zero attached hydrogens (tertiary/aromatic N) is 1. The van der Waals surface area contributed by atoms with Crippen LogP contribution in [0.5, 0.6) is 11.5 Å². The van der Waals surface area contributed by atoms with E-state index in [0.717, 1.165) is 43.7 Å². The second-order valence-electron chi connectivity index (χ2n) is 9.99. The van der Waals surface area contributed by atoms with Crippen molar-refractivity contribution in [2.75, 3.05) is 41.0 Å². The number of fused-ring (bicyclic) bond motifs is 2. The molecule has 4 aliphatic carbocycles. The minimum Gasteiger partial charge on any atom is -0.493 e. The number of likely N-dealkylation sites (tertiary alicyclic amines) is 1. The van der Waals surface area contributed by atoms with Crippen molar-refractivity contribution in [2.24, 2.45) is 11.3 Å². The molecule has 6 aliphatic rings. The lowest BCUT2D eigenvalue weighted by Crippen LogP contribution is -2.81. The van der Waals surface area contributed by atoms with Crippen LogP contribution in [0.3, 0.4) is 0 Å². The Morgan fingerprint density at radius 1 is 1.27 bits per heavy atom. The zero-order valence-electron chi connectivity index (χ0n) is 18.2. The lowest BCUT2D eigenvalue weighted by atomic mass is 9.35. The summed E-state index contributed by atoms with van der Waals surface area (Å²) >= 11 is 0. The van der Waals surface area contributed by atoms with Gasteiger partial charge in [0.15, 0.2) is 11.5 Å². The number of methoxy groups -OCH3 is 2. The fourth-order valence-corrected chi connectivity index (χ4v) is 8.44. The molecule has 30 heavy (non-hydrogen) atoms. The maximum atomic E-state index is 6.93. The Bertz CT molecular complexity index is 940. The fraction of sp³-hybridized carbons (Fsp3) is 0.680. The quantitative estimate of drug-likeness (QED) is 0.553. The van der Waals surface area contributed by atoms with Crippen molar-refractivity contribution in [1.82, 2.24) is 4.90 Å². The number of hydrogen-bond donors (Lipinski definition) is 0. The number of terminal acetylenes is 1. The summed E-state index contributed by atoms with van der Waals surface area (Å²) in [4.78, 5) is 2.61. The summed E-state index contributed by atoms with van der Waals surface area (Å²) in [7, 11) is 5.92. The molecule has 4 bridgehead atoms. The van der Waals surface area contributed by atoms with Gasteiger partial charge in [-0.15, -0.1) is 6.42 Å². The number of piperidine rings is 1. The zero-order chi connectivity index (χ0) is 20.7. The molecule has 5 nitrogen and oxygen atoms in total. The average molecular weight is 410 g/mol. The summed E-state index contributed by atoms with van der Waals surface area (Å²) in [6.45, 7) is 2.08. The minimum absolute atomic E-state index is 0.00140. The van der Waals surface area contributed by atoms with Gasteiger partial charge in [-0.05, 0) is 57.3 Å². The topological polar surface area (TPSA) is 40.2 Å². The Morgan fingerprint density at radius 2 is 2.13 bits per heavy atom. The maximum Gasteiger partial charge on any atom is 0.165 e. The molecule has 160 valence electrons. The van der Waals surface area contributed by atoms with Crippen molar-refractivity contribution in [2.45, 2.75) is 55.3 Å². The summed E-state index contributed by atoms with van der Waals surface area (Å²) in [6, 6.07) is 4.89. The van der Waals surface area contributed by atoms with Crippen LogP contribution in [-0.2, 0) is 21.3 Å². The molecule has 0 radical (unpaired) electrons. The first-order valence-electron chi connectivity index (χ1n) is 11.2. The summed E-state index contributed by atoms with van der Waals surface area (Å²) < 4.78 is 25.1. The van der Waals surface area contributed by atoms with Gasteiger partial charge in [-0.3, -0.25) is 0 Å². The highest BCUT2D eigenvalue weighted by Crippen LogP contribution is 2.76. The highest BCUT2D eigenvalue weighted by atomic mass is 16.6. The first-order chi connectivity index (χ1) is 14.6. The largest absolute Gasteiger partial charge is 0.493 e. The predicted molar refractivity (Wildman–Crippen MR) is 113 cm³/mol. The van der Waals surface area contributed by atoms with E-state index >= 15 is 0 Å². The van der Waals surface area contributed by atoms with Gasteiger partial charge in [0.2, 0.25) is 0 Å². The van der Waals surface area contributed by atoms with Crippen molar-refractivity contribution in [3.63, 3.8) is 0 Å². The number of likely N-dealkylation sites (N-methyl/N-ethyl adjacent to an activating group) is 1. The van der Waals surface area contributed by atoms with Crippen LogP contribution in [0.25, 0.3) is 0 Å². The molecule has 6 atom stereocenters. The van der Waals surface area contributed by atoms with Crippen molar-refractivity contribution < 1.29 is 18.9 Å². The number of hydrogen-bond acceptors (Lipinski definition) is 5. The Labute approximate surface area is 179 Å². The lowest BCUT2D eigenvalue weighted by molar-refractivity contribution is -0.281. The van der Waals surface area contributed by atoms with Crippen molar-refractivity contribution in [3.8, 4) is 23.8 Å². The van der Waals surface area contributed by atoms with Gasteiger partial charge in [0.1, 0.15) is 18.3 Å². The highest BCUT2D eigenvalue weighted by molar-refractivity contribution is 5.63. The summed E-state index contributed by atoms with van der Waals surface area (Å²) in [6.07, 6.45) is 10.9. The standard InChI is InChI=1S/C25H31NO4/c1-5-12-29-15-17-14-23-8-9-25(17,28-4)22-24(23)10-11-26(2)19(23)13-16-6-7-18(27-3)21(30-22)20(16)24/h1,6-7,17,19,22H,8-15H2,2-4H3/t17?,19-,22?,23?,24+,25?/m1/s1. The van der Waals surface area contributed by atoms with E-state index in [4.69, 9.17) is 25.4 Å². The van der Waals surface area contributed by atoms with Gasteiger partial charge in [-0.2, -0.15) is 0 Å². The molecule has 0 N–H and O–H groups in total. The normalized spacial score (nSPS) is 42.4. The molecule has 2 heterocycles. The third-order valence-corrected chi connectivity index (χ3v) is 9.48. The zero-order valence-corrected chi connectivity index (χ0v) is 18.2. The van der Waals surface area contributed by atoms with Gasteiger partial charge in [0.25, 0.3) is 0 Å². The monoisotopic (exact) mass is 409 g/mol. The number of ether oxygens (including phenoxy) is 4. The molecule has 2 spiro atoms. The molecule has 1 saturated heterocycles. The van der Waals surface area contributed by atoms with Crippen molar-refractivity contribution in [3.05, 3.63) is 23.3 Å². The van der Waals surface area contributed by atoms with Crippen molar-refractivity contribution >= 4 is 0 Å². The predicted octanol–water partition coefficient (Wildman–Crippen LogP) is 2.79. The maximum absolute atomic E-state index is 6.93. The first-order valence-corrected chi connectivity index (χ1v) is 11.2. The Hall–Kier alpha value is -1.74. The molecule has 1 aromatic carbocycles. The first kappa shape index (κ1) is 19.0. The van der Waals surface area contributed by atoms with Gasteiger partial charge < -0.3 is 23.8 Å². The summed E-state index contributed by atoms with van der Waals surface area (Å²) in [5.41, 5.74) is 2.70.